The summed E-state index contributed by atoms with van der Waals surface area (Å²) in [6, 6.07) is 18.1. The van der Waals surface area contributed by atoms with Gasteiger partial charge in [-0.25, -0.2) is 0 Å². The van der Waals surface area contributed by atoms with E-state index in [9.17, 15) is 14.7 Å². The summed E-state index contributed by atoms with van der Waals surface area (Å²) < 4.78 is 17.0. The van der Waals surface area contributed by atoms with Gasteiger partial charge in [0.15, 0.2) is 18.1 Å². The number of hydrogen-bond acceptors (Lipinski definition) is 6. The van der Waals surface area contributed by atoms with Crippen molar-refractivity contribution in [2.45, 2.75) is 27.4 Å². The average molecular weight is 509 g/mol. The number of ether oxygens (including phenoxy) is 3. The molecule has 0 unspecified atom stereocenters. The normalized spacial score (nSPS) is 11.1. The number of carbonyl (C=O) groups is 2. The smallest absolute Gasteiger partial charge is 0.262 e. The van der Waals surface area contributed by atoms with Gasteiger partial charge in [0.25, 0.3) is 5.91 Å². The zero-order valence-corrected chi connectivity index (χ0v) is 21.1. The van der Waals surface area contributed by atoms with Crippen LogP contribution < -0.4 is 24.6 Å². The van der Waals surface area contributed by atoms with Crippen molar-refractivity contribution in [3.8, 4) is 17.2 Å². The number of benzene rings is 3. The molecule has 0 spiro atoms. The van der Waals surface area contributed by atoms with Gasteiger partial charge >= 0.3 is 0 Å². The molecule has 1 N–H and O–H groups in total. The molecule has 1 amide bonds. The minimum absolute atomic E-state index is 0.350. The van der Waals surface area contributed by atoms with E-state index in [-0.39, 0.29) is 6.61 Å². The first-order chi connectivity index (χ1) is 17.3. The molecule has 0 aliphatic carbocycles. The highest BCUT2D eigenvalue weighted by Crippen LogP contribution is 2.30. The Labute approximate surface area is 215 Å². The van der Waals surface area contributed by atoms with Crippen molar-refractivity contribution in [2.75, 3.05) is 13.2 Å². The molecular weight excluding hydrogens is 482 g/mol. The van der Waals surface area contributed by atoms with Crippen molar-refractivity contribution in [1.82, 2.24) is 5.32 Å². The largest absolute Gasteiger partial charge is 0.543 e. The molecule has 188 valence electrons. The van der Waals surface area contributed by atoms with E-state index in [1.807, 2.05) is 51.1 Å². The summed E-state index contributed by atoms with van der Waals surface area (Å²) in [5.41, 5.74) is 2.69. The molecule has 0 heterocycles. The predicted molar refractivity (Wildman–Crippen MR) is 136 cm³/mol. The summed E-state index contributed by atoms with van der Waals surface area (Å²) >= 11 is 6.15. The topological polar surface area (TPSA) is 96.9 Å². The molecule has 0 aliphatic heterocycles. The van der Waals surface area contributed by atoms with E-state index in [4.69, 9.17) is 25.8 Å². The Bertz CT molecular complexity index is 1230. The molecule has 0 aliphatic rings. The van der Waals surface area contributed by atoms with Crippen LogP contribution in [0.4, 0.5) is 0 Å². The Morgan fingerprint density at radius 2 is 1.64 bits per heavy atom. The number of aryl methyl sites for hydroxylation is 2. The van der Waals surface area contributed by atoms with Gasteiger partial charge in [0, 0.05) is 5.02 Å². The second-order valence-electron chi connectivity index (χ2n) is 7.97. The fourth-order valence-corrected chi connectivity index (χ4v) is 3.48. The standard InChI is InChI=1S/C28H28ClNO6/c1-4-34-25-15-21(10-11-24(25)36-16-20-8-6-5-7-9-20)14-23(28(32)33)30-26(31)17-35-22-12-18(2)27(29)19(3)13-22/h5-15H,4,16-17H2,1-3H3,(H,30,31)(H,32,33)/p-1/b23-14+. The maximum absolute atomic E-state index is 12.4. The molecule has 3 rings (SSSR count). The van der Waals surface area contributed by atoms with Gasteiger partial charge in [-0.3, -0.25) is 4.79 Å². The molecule has 0 saturated heterocycles. The molecule has 0 radical (unpaired) electrons. The lowest BCUT2D eigenvalue weighted by atomic mass is 10.1. The number of carboxylic acid groups (broad SMARTS) is 1. The highest BCUT2D eigenvalue weighted by atomic mass is 35.5. The summed E-state index contributed by atoms with van der Waals surface area (Å²) in [6.07, 6.45) is 1.29. The van der Waals surface area contributed by atoms with Crippen LogP contribution in [0.1, 0.15) is 29.2 Å². The molecule has 36 heavy (non-hydrogen) atoms. The van der Waals surface area contributed by atoms with Crippen molar-refractivity contribution in [2.24, 2.45) is 0 Å². The molecule has 7 nitrogen and oxygen atoms in total. The van der Waals surface area contributed by atoms with E-state index < -0.39 is 17.6 Å². The number of halogens is 1. The lowest BCUT2D eigenvalue weighted by molar-refractivity contribution is -0.299. The van der Waals surface area contributed by atoms with Crippen molar-refractivity contribution >= 4 is 29.6 Å². The average Bonchev–Trinajstić information content (AvgIpc) is 2.86. The minimum atomic E-state index is -1.54. The third-order valence-electron chi connectivity index (χ3n) is 5.09. The predicted octanol–water partition coefficient (Wildman–Crippen LogP) is 4.22. The van der Waals surface area contributed by atoms with Gasteiger partial charge in [-0.15, -0.1) is 0 Å². The minimum Gasteiger partial charge on any atom is -0.543 e. The van der Waals surface area contributed by atoms with Crippen molar-refractivity contribution in [1.29, 1.82) is 0 Å². The third kappa shape index (κ3) is 7.52. The van der Waals surface area contributed by atoms with Gasteiger partial charge < -0.3 is 29.4 Å². The number of carboxylic acids is 1. The van der Waals surface area contributed by atoms with E-state index in [2.05, 4.69) is 5.32 Å². The van der Waals surface area contributed by atoms with Gasteiger partial charge in [-0.05, 0) is 73.4 Å². The molecule has 0 bridgehead atoms. The van der Waals surface area contributed by atoms with Gasteiger partial charge in [0.05, 0.1) is 18.3 Å². The molecule has 0 atom stereocenters. The van der Waals surface area contributed by atoms with E-state index in [1.165, 1.54) is 6.08 Å². The van der Waals surface area contributed by atoms with E-state index in [1.54, 1.807) is 30.3 Å². The van der Waals surface area contributed by atoms with Crippen LogP contribution in [0.15, 0.2) is 66.4 Å². The Kier molecular flexibility index (Phi) is 9.36. The second kappa shape index (κ2) is 12.7. The zero-order valence-electron chi connectivity index (χ0n) is 20.3. The molecule has 0 fully saturated rings. The molecule has 3 aromatic carbocycles. The number of aliphatic carboxylic acids is 1. The molecule has 3 aromatic rings. The Morgan fingerprint density at radius 1 is 0.944 bits per heavy atom. The Morgan fingerprint density at radius 3 is 2.28 bits per heavy atom. The highest BCUT2D eigenvalue weighted by Gasteiger charge is 2.11. The summed E-state index contributed by atoms with van der Waals surface area (Å²) in [5, 5.41) is 14.6. The lowest BCUT2D eigenvalue weighted by Crippen LogP contribution is -2.37. The SMILES string of the molecule is CCOc1cc(/C=C(/NC(=O)COc2cc(C)c(Cl)c(C)c2)C(=O)[O-])ccc1OCc1ccccc1. The first kappa shape index (κ1) is 26.6. The molecular formula is C28H27ClNO6-. The van der Waals surface area contributed by atoms with E-state index in [0.29, 0.717) is 41.0 Å². The quantitative estimate of drug-likeness (QED) is 0.389. The highest BCUT2D eigenvalue weighted by molar-refractivity contribution is 6.32. The lowest BCUT2D eigenvalue weighted by Gasteiger charge is -2.15. The molecule has 8 heteroatoms. The monoisotopic (exact) mass is 508 g/mol. The number of hydrogen-bond donors (Lipinski definition) is 1. The van der Waals surface area contributed by atoms with Crippen molar-refractivity contribution in [3.63, 3.8) is 0 Å². The summed E-state index contributed by atoms with van der Waals surface area (Å²) in [7, 11) is 0. The maximum atomic E-state index is 12.4. The summed E-state index contributed by atoms with van der Waals surface area (Å²) in [4.78, 5) is 24.0. The summed E-state index contributed by atoms with van der Waals surface area (Å²) in [6.45, 7) is 5.84. The number of amides is 1. The van der Waals surface area contributed by atoms with Crippen LogP contribution in [-0.4, -0.2) is 25.1 Å². The number of rotatable bonds is 11. The van der Waals surface area contributed by atoms with Gasteiger partial charge in [-0.2, -0.15) is 0 Å². The second-order valence-corrected chi connectivity index (χ2v) is 8.34. The fourth-order valence-electron chi connectivity index (χ4n) is 3.37. The van der Waals surface area contributed by atoms with E-state index >= 15 is 0 Å². The van der Waals surface area contributed by atoms with Crippen LogP contribution in [0.5, 0.6) is 17.2 Å². The summed E-state index contributed by atoms with van der Waals surface area (Å²) in [5.74, 6) is -0.773. The van der Waals surface area contributed by atoms with E-state index in [0.717, 1.165) is 16.7 Å². The van der Waals surface area contributed by atoms with Crippen LogP contribution in [0.25, 0.3) is 6.08 Å². The maximum Gasteiger partial charge on any atom is 0.262 e. The van der Waals surface area contributed by atoms with Crippen LogP contribution >= 0.6 is 11.6 Å². The Balaban J connectivity index is 1.70. The Hall–Kier alpha value is -3.97. The fraction of sp³-hybridized carbons (Fsp3) is 0.214. The first-order valence-corrected chi connectivity index (χ1v) is 11.7. The van der Waals surface area contributed by atoms with Crippen LogP contribution in [0, 0.1) is 13.8 Å². The van der Waals surface area contributed by atoms with Gasteiger partial charge in [0.1, 0.15) is 12.4 Å². The van der Waals surface area contributed by atoms with Gasteiger partial charge in [-0.1, -0.05) is 48.0 Å². The zero-order chi connectivity index (χ0) is 26.1. The van der Waals surface area contributed by atoms with Crippen LogP contribution in [0.2, 0.25) is 5.02 Å². The van der Waals surface area contributed by atoms with Crippen LogP contribution in [0.3, 0.4) is 0 Å². The van der Waals surface area contributed by atoms with Crippen molar-refractivity contribution < 1.29 is 28.9 Å². The van der Waals surface area contributed by atoms with Crippen molar-refractivity contribution in [3.05, 3.63) is 93.6 Å². The molecule has 0 aromatic heterocycles. The first-order valence-electron chi connectivity index (χ1n) is 11.3. The third-order valence-corrected chi connectivity index (χ3v) is 5.69. The van der Waals surface area contributed by atoms with Gasteiger partial charge in [0.2, 0.25) is 0 Å². The number of nitrogens with one attached hydrogen (secondary N) is 1. The molecule has 0 saturated carbocycles. The number of carbonyl (C=O) groups excluding carboxylic acids is 2. The van der Waals surface area contributed by atoms with Crippen LogP contribution in [-0.2, 0) is 16.2 Å².